The van der Waals surface area contributed by atoms with E-state index in [1.165, 1.54) is 0 Å². The van der Waals surface area contributed by atoms with Gasteiger partial charge in [-0.2, -0.15) is 17.6 Å². The lowest BCUT2D eigenvalue weighted by atomic mass is 10.2. The zero-order valence-electron chi connectivity index (χ0n) is 8.74. The molecule has 2 atom stereocenters. The standard InChI is InChI=1S/C8H10F8O/c1-3(7(13,14)5(9)10)17-4(2)8(15,16)6(11)12/h3-6H,1-2H3. The molecule has 0 aliphatic carbocycles. The fraction of sp³-hybridized carbons (Fsp3) is 1.00. The van der Waals surface area contributed by atoms with Crippen LogP contribution in [-0.4, -0.2) is 36.9 Å². The second-order valence-corrected chi connectivity index (χ2v) is 3.37. The minimum absolute atomic E-state index is 0.407. The van der Waals surface area contributed by atoms with Crippen LogP contribution >= 0.6 is 0 Å². The van der Waals surface area contributed by atoms with Gasteiger partial charge < -0.3 is 4.74 Å². The van der Waals surface area contributed by atoms with Crippen molar-refractivity contribution < 1.29 is 39.9 Å². The van der Waals surface area contributed by atoms with Crippen molar-refractivity contribution in [1.29, 1.82) is 0 Å². The quantitative estimate of drug-likeness (QED) is 0.673. The Morgan fingerprint density at radius 2 is 0.941 bits per heavy atom. The van der Waals surface area contributed by atoms with Gasteiger partial charge in [0.05, 0.1) is 0 Å². The Balaban J connectivity index is 4.65. The van der Waals surface area contributed by atoms with Gasteiger partial charge in [-0.3, -0.25) is 0 Å². The topological polar surface area (TPSA) is 9.23 Å². The number of rotatable bonds is 6. The van der Waals surface area contributed by atoms with E-state index in [-0.39, 0.29) is 0 Å². The summed E-state index contributed by atoms with van der Waals surface area (Å²) in [7, 11) is 0. The van der Waals surface area contributed by atoms with Gasteiger partial charge in [0.25, 0.3) is 0 Å². The van der Waals surface area contributed by atoms with E-state index in [4.69, 9.17) is 0 Å². The van der Waals surface area contributed by atoms with E-state index in [1.807, 2.05) is 0 Å². The van der Waals surface area contributed by atoms with Crippen LogP contribution in [0.5, 0.6) is 0 Å². The molecule has 0 aliphatic rings. The SMILES string of the molecule is CC(OC(C)C(F)(F)C(F)F)C(F)(F)C(F)F. The molecule has 0 amide bonds. The van der Waals surface area contributed by atoms with Gasteiger partial charge in [0.2, 0.25) is 0 Å². The molecule has 0 radical (unpaired) electrons. The van der Waals surface area contributed by atoms with Gasteiger partial charge in [0.15, 0.2) is 0 Å². The van der Waals surface area contributed by atoms with Crippen LogP contribution in [0.15, 0.2) is 0 Å². The third-order valence-electron chi connectivity index (χ3n) is 2.07. The molecule has 0 heterocycles. The summed E-state index contributed by atoms with van der Waals surface area (Å²) in [5, 5.41) is 0. The molecule has 104 valence electrons. The first-order valence-corrected chi connectivity index (χ1v) is 4.41. The molecule has 0 saturated carbocycles. The summed E-state index contributed by atoms with van der Waals surface area (Å²) in [4.78, 5) is 0. The molecule has 2 unspecified atom stereocenters. The number of hydrogen-bond donors (Lipinski definition) is 0. The van der Waals surface area contributed by atoms with Gasteiger partial charge in [0, 0.05) is 0 Å². The summed E-state index contributed by atoms with van der Waals surface area (Å²) in [5.41, 5.74) is 0. The predicted molar refractivity (Wildman–Crippen MR) is 41.9 cm³/mol. The summed E-state index contributed by atoms with van der Waals surface area (Å²) in [6.07, 6.45) is -13.5. The maximum absolute atomic E-state index is 12.6. The molecule has 9 heteroatoms. The van der Waals surface area contributed by atoms with Crippen LogP contribution in [0.3, 0.4) is 0 Å². The molecule has 0 aromatic heterocycles. The lowest BCUT2D eigenvalue weighted by Crippen LogP contribution is -2.47. The van der Waals surface area contributed by atoms with Crippen LogP contribution in [0.2, 0.25) is 0 Å². The second kappa shape index (κ2) is 5.36. The van der Waals surface area contributed by atoms with Gasteiger partial charge in [0.1, 0.15) is 12.2 Å². The first kappa shape index (κ1) is 16.4. The molecule has 0 aliphatic heterocycles. The molecule has 0 N–H and O–H groups in total. The van der Waals surface area contributed by atoms with Crippen LogP contribution < -0.4 is 0 Å². The van der Waals surface area contributed by atoms with Gasteiger partial charge in [-0.25, -0.2) is 17.6 Å². The molecule has 0 bridgehead atoms. The van der Waals surface area contributed by atoms with E-state index in [0.717, 1.165) is 0 Å². The lowest BCUT2D eigenvalue weighted by Gasteiger charge is -2.29. The van der Waals surface area contributed by atoms with Crippen molar-refractivity contribution in [2.24, 2.45) is 0 Å². The Hall–Kier alpha value is -0.600. The fourth-order valence-corrected chi connectivity index (χ4v) is 0.842. The molecule has 0 aromatic carbocycles. The summed E-state index contributed by atoms with van der Waals surface area (Å²) in [6, 6.07) is 0. The normalized spacial score (nSPS) is 17.6. The fourth-order valence-electron chi connectivity index (χ4n) is 0.842. The zero-order chi connectivity index (χ0) is 14.0. The van der Waals surface area contributed by atoms with Crippen molar-refractivity contribution in [2.75, 3.05) is 0 Å². The van der Waals surface area contributed by atoms with Gasteiger partial charge in [-0.15, -0.1) is 0 Å². The summed E-state index contributed by atoms with van der Waals surface area (Å²) in [6.45, 7) is 0.814. The Labute approximate surface area is 91.7 Å². The molecule has 0 aromatic rings. The first-order valence-electron chi connectivity index (χ1n) is 4.41. The number of hydrogen-bond acceptors (Lipinski definition) is 1. The second-order valence-electron chi connectivity index (χ2n) is 3.37. The molecule has 1 nitrogen and oxygen atoms in total. The minimum Gasteiger partial charge on any atom is -0.363 e. The van der Waals surface area contributed by atoms with Crippen molar-refractivity contribution in [2.45, 2.75) is 50.8 Å². The minimum atomic E-state index is -4.69. The van der Waals surface area contributed by atoms with Gasteiger partial charge >= 0.3 is 24.7 Å². The Morgan fingerprint density at radius 3 is 1.12 bits per heavy atom. The molecule has 0 rings (SSSR count). The van der Waals surface area contributed by atoms with Gasteiger partial charge in [-0.1, -0.05) is 0 Å². The smallest absolute Gasteiger partial charge is 0.332 e. The third-order valence-corrected chi connectivity index (χ3v) is 2.07. The zero-order valence-corrected chi connectivity index (χ0v) is 8.74. The highest BCUT2D eigenvalue weighted by Crippen LogP contribution is 2.34. The first-order chi connectivity index (χ1) is 7.44. The molecule has 0 fully saturated rings. The number of halogens is 8. The van der Waals surface area contributed by atoms with E-state index in [1.54, 1.807) is 0 Å². The molecule has 0 saturated heterocycles. The average Bonchev–Trinajstić information content (AvgIpc) is 2.16. The molecular weight excluding hydrogens is 264 g/mol. The summed E-state index contributed by atoms with van der Waals surface area (Å²) < 4.78 is 101. The largest absolute Gasteiger partial charge is 0.363 e. The Kier molecular flexibility index (Phi) is 5.17. The van der Waals surface area contributed by atoms with Crippen molar-refractivity contribution in [3.63, 3.8) is 0 Å². The maximum atomic E-state index is 12.6. The van der Waals surface area contributed by atoms with Crippen molar-refractivity contribution in [1.82, 2.24) is 0 Å². The summed E-state index contributed by atoms with van der Waals surface area (Å²) in [5.74, 6) is -9.38. The highest BCUT2D eigenvalue weighted by molar-refractivity contribution is 4.82. The lowest BCUT2D eigenvalue weighted by molar-refractivity contribution is -0.259. The maximum Gasteiger partial charge on any atom is 0.332 e. The van der Waals surface area contributed by atoms with E-state index in [2.05, 4.69) is 4.74 Å². The molecular formula is C8H10F8O. The highest BCUT2D eigenvalue weighted by atomic mass is 19.3. The average molecular weight is 274 g/mol. The predicted octanol–water partition coefficient (Wildman–Crippen LogP) is 3.58. The summed E-state index contributed by atoms with van der Waals surface area (Å²) >= 11 is 0. The van der Waals surface area contributed by atoms with Crippen LogP contribution in [0.1, 0.15) is 13.8 Å². The highest BCUT2D eigenvalue weighted by Gasteiger charge is 2.53. The van der Waals surface area contributed by atoms with E-state index >= 15 is 0 Å². The van der Waals surface area contributed by atoms with Crippen LogP contribution in [0.25, 0.3) is 0 Å². The van der Waals surface area contributed by atoms with E-state index in [9.17, 15) is 35.1 Å². The van der Waals surface area contributed by atoms with Crippen LogP contribution in [-0.2, 0) is 4.74 Å². The third kappa shape index (κ3) is 3.68. The van der Waals surface area contributed by atoms with E-state index < -0.39 is 36.9 Å². The monoisotopic (exact) mass is 274 g/mol. The molecule has 17 heavy (non-hydrogen) atoms. The number of alkyl halides is 8. The van der Waals surface area contributed by atoms with Crippen molar-refractivity contribution in [3.05, 3.63) is 0 Å². The molecule has 0 spiro atoms. The van der Waals surface area contributed by atoms with Crippen LogP contribution in [0.4, 0.5) is 35.1 Å². The van der Waals surface area contributed by atoms with Crippen molar-refractivity contribution in [3.8, 4) is 0 Å². The van der Waals surface area contributed by atoms with E-state index in [0.29, 0.717) is 13.8 Å². The Morgan fingerprint density at radius 1 is 0.706 bits per heavy atom. The number of ether oxygens (including phenoxy) is 1. The van der Waals surface area contributed by atoms with Crippen LogP contribution in [0, 0.1) is 0 Å². The van der Waals surface area contributed by atoms with Crippen molar-refractivity contribution >= 4 is 0 Å². The van der Waals surface area contributed by atoms with Gasteiger partial charge in [-0.05, 0) is 13.8 Å². The Bertz CT molecular complexity index is 218.